The number of thioether (sulfide) groups is 6. The van der Waals surface area contributed by atoms with Gasteiger partial charge in [0.25, 0.3) is 0 Å². The van der Waals surface area contributed by atoms with Crippen molar-refractivity contribution in [3.8, 4) is 0 Å². The van der Waals surface area contributed by atoms with Gasteiger partial charge >= 0.3 is 0 Å². The summed E-state index contributed by atoms with van der Waals surface area (Å²) < 4.78 is 1.41. The highest BCUT2D eigenvalue weighted by Gasteiger charge is 2.20. The molecule has 2 aliphatic rings. The summed E-state index contributed by atoms with van der Waals surface area (Å²) in [5, 5.41) is 5.30. The molecule has 21 heavy (non-hydrogen) atoms. The van der Waals surface area contributed by atoms with Crippen LogP contribution >= 0.6 is 95.8 Å². The summed E-state index contributed by atoms with van der Waals surface area (Å²) in [6.45, 7) is 2.36. The molecule has 3 unspecified atom stereocenters. The first-order chi connectivity index (χ1) is 10.2. The molecule has 0 aromatic rings. The lowest BCUT2D eigenvalue weighted by atomic mass is 10.6. The van der Waals surface area contributed by atoms with Gasteiger partial charge in [0.2, 0.25) is 0 Å². The van der Waals surface area contributed by atoms with Gasteiger partial charge in [-0.25, -0.2) is 0 Å². The van der Waals surface area contributed by atoms with Gasteiger partial charge in [-0.15, -0.1) is 47.0 Å². The summed E-state index contributed by atoms with van der Waals surface area (Å²) in [6, 6.07) is 0. The zero-order valence-corrected chi connectivity index (χ0v) is 18.5. The van der Waals surface area contributed by atoms with Crippen molar-refractivity contribution in [1.29, 1.82) is 0 Å². The van der Waals surface area contributed by atoms with Crippen LogP contribution in [0.5, 0.6) is 0 Å². The molecule has 0 aromatic carbocycles. The van der Waals surface area contributed by atoms with E-state index >= 15 is 0 Å². The second kappa shape index (κ2) is 11.0. The van der Waals surface area contributed by atoms with Crippen LogP contribution in [0.4, 0.5) is 0 Å². The van der Waals surface area contributed by atoms with Crippen LogP contribution in [0.1, 0.15) is 6.92 Å². The number of hydrogen-bond acceptors (Lipinski definition) is 8. The Morgan fingerprint density at radius 1 is 1.05 bits per heavy atom. The van der Waals surface area contributed by atoms with E-state index in [1.54, 1.807) is 0 Å². The van der Waals surface area contributed by atoms with Crippen molar-refractivity contribution in [3.05, 3.63) is 20.6 Å². The minimum atomic E-state index is 0.702. The van der Waals surface area contributed by atoms with Crippen LogP contribution in [0.25, 0.3) is 0 Å². The molecule has 120 valence electrons. The number of thiol groups is 2. The third-order valence-corrected chi connectivity index (χ3v) is 12.7. The molecule has 2 rings (SSSR count). The third-order valence-electron chi connectivity index (χ3n) is 2.70. The van der Waals surface area contributed by atoms with Crippen molar-refractivity contribution in [2.75, 3.05) is 28.8 Å². The van der Waals surface area contributed by atoms with Crippen LogP contribution in [0.2, 0.25) is 0 Å². The standard InChI is InChI=1S/C13H20S8/c1-9(17-8-13-19-6-11(3-15)21-13)4-16-7-12-18-5-10(2-14)20-12/h5-6,9,12-15H,2-4,7-8H2,1H3. The summed E-state index contributed by atoms with van der Waals surface area (Å²) >= 11 is 20.8. The second-order valence-electron chi connectivity index (χ2n) is 4.53. The highest BCUT2D eigenvalue weighted by atomic mass is 32.2. The van der Waals surface area contributed by atoms with Crippen molar-refractivity contribution < 1.29 is 0 Å². The Kier molecular flexibility index (Phi) is 10.3. The third kappa shape index (κ3) is 7.36. The average Bonchev–Trinajstić information content (AvgIpc) is 3.14. The van der Waals surface area contributed by atoms with E-state index in [0.29, 0.717) is 9.16 Å². The van der Waals surface area contributed by atoms with Gasteiger partial charge in [0.1, 0.15) is 0 Å². The zero-order valence-electron chi connectivity index (χ0n) is 11.8. The zero-order chi connectivity index (χ0) is 15.1. The van der Waals surface area contributed by atoms with Gasteiger partial charge in [-0.3, -0.25) is 0 Å². The lowest BCUT2D eigenvalue weighted by molar-refractivity contribution is 1.12. The van der Waals surface area contributed by atoms with Gasteiger partial charge in [-0.1, -0.05) is 6.92 Å². The van der Waals surface area contributed by atoms with Gasteiger partial charge in [0, 0.05) is 43.8 Å². The van der Waals surface area contributed by atoms with E-state index < -0.39 is 0 Å². The highest BCUT2D eigenvalue weighted by Crippen LogP contribution is 2.43. The Balaban J connectivity index is 1.50. The van der Waals surface area contributed by atoms with E-state index in [1.165, 1.54) is 27.1 Å². The molecule has 0 saturated carbocycles. The Hall–Kier alpha value is 2.28. The summed E-state index contributed by atoms with van der Waals surface area (Å²) in [4.78, 5) is 2.86. The summed E-state index contributed by atoms with van der Waals surface area (Å²) in [5.74, 6) is 5.52. The maximum Gasteiger partial charge on any atom is 0.0678 e. The Morgan fingerprint density at radius 2 is 1.62 bits per heavy atom. The SMILES string of the molecule is CC(CSCC1SC=C(CS)S1)SCC1SC=C(CS)S1. The molecule has 0 bridgehead atoms. The topological polar surface area (TPSA) is 0 Å². The van der Waals surface area contributed by atoms with Crippen LogP contribution in [-0.4, -0.2) is 43.2 Å². The molecule has 2 aliphatic heterocycles. The predicted octanol–water partition coefficient (Wildman–Crippen LogP) is 6.00. The molecule has 8 heteroatoms. The van der Waals surface area contributed by atoms with Gasteiger partial charge in [-0.2, -0.15) is 48.8 Å². The molecule has 0 N–H and O–H groups in total. The van der Waals surface area contributed by atoms with Crippen molar-refractivity contribution >= 4 is 95.8 Å². The molecule has 0 saturated heterocycles. The molecule has 0 aromatic heterocycles. The second-order valence-corrected chi connectivity index (χ2v) is 13.1. The first kappa shape index (κ1) is 19.6. The fraction of sp³-hybridized carbons (Fsp3) is 0.692. The van der Waals surface area contributed by atoms with Crippen molar-refractivity contribution in [1.82, 2.24) is 0 Å². The smallest absolute Gasteiger partial charge is 0.0678 e. The minimum Gasteiger partial charge on any atom is -0.174 e. The van der Waals surface area contributed by atoms with E-state index in [9.17, 15) is 0 Å². The normalized spacial score (nSPS) is 26.8. The van der Waals surface area contributed by atoms with Crippen LogP contribution in [0, 0.1) is 0 Å². The van der Waals surface area contributed by atoms with Crippen LogP contribution in [0.3, 0.4) is 0 Å². The first-order valence-electron chi connectivity index (χ1n) is 6.64. The Labute approximate surface area is 165 Å². The number of hydrogen-bond donors (Lipinski definition) is 2. The highest BCUT2D eigenvalue weighted by molar-refractivity contribution is 8.24. The number of rotatable bonds is 9. The molecular formula is C13H20S8. The Morgan fingerprint density at radius 3 is 2.14 bits per heavy atom. The summed E-state index contributed by atoms with van der Waals surface area (Å²) in [6.07, 6.45) is 0. The molecule has 0 fully saturated rings. The predicted molar refractivity (Wildman–Crippen MR) is 121 cm³/mol. The monoisotopic (exact) mass is 432 g/mol. The molecule has 0 nitrogen and oxygen atoms in total. The molecule has 0 amide bonds. The van der Waals surface area contributed by atoms with E-state index in [0.717, 1.165) is 16.8 Å². The fourth-order valence-electron chi connectivity index (χ4n) is 1.67. The van der Waals surface area contributed by atoms with Crippen molar-refractivity contribution in [2.45, 2.75) is 21.3 Å². The van der Waals surface area contributed by atoms with Crippen LogP contribution < -0.4 is 0 Å². The fourth-order valence-corrected chi connectivity index (χ4v) is 10.5. The van der Waals surface area contributed by atoms with E-state index in [4.69, 9.17) is 0 Å². The maximum atomic E-state index is 4.34. The van der Waals surface area contributed by atoms with E-state index in [-0.39, 0.29) is 0 Å². The lowest BCUT2D eigenvalue weighted by Crippen LogP contribution is -2.08. The lowest BCUT2D eigenvalue weighted by Gasteiger charge is -2.15. The van der Waals surface area contributed by atoms with Crippen molar-refractivity contribution in [3.63, 3.8) is 0 Å². The van der Waals surface area contributed by atoms with Gasteiger partial charge < -0.3 is 0 Å². The summed E-state index contributed by atoms with van der Waals surface area (Å²) in [7, 11) is 0. The Bertz CT molecular complexity index is 380. The van der Waals surface area contributed by atoms with Gasteiger partial charge in [0.15, 0.2) is 0 Å². The minimum absolute atomic E-state index is 0.702. The van der Waals surface area contributed by atoms with Gasteiger partial charge in [-0.05, 0) is 10.8 Å². The average molecular weight is 433 g/mol. The molecule has 2 heterocycles. The van der Waals surface area contributed by atoms with E-state index in [2.05, 4.69) is 66.5 Å². The summed E-state index contributed by atoms with van der Waals surface area (Å²) in [5.41, 5.74) is 0. The quantitative estimate of drug-likeness (QED) is 0.426. The molecule has 0 radical (unpaired) electrons. The largest absolute Gasteiger partial charge is 0.174 e. The van der Waals surface area contributed by atoms with E-state index in [1.807, 2.05) is 47.0 Å². The first-order valence-corrected chi connectivity index (χ1v) is 13.8. The van der Waals surface area contributed by atoms with Crippen LogP contribution in [-0.2, 0) is 0 Å². The van der Waals surface area contributed by atoms with Crippen LogP contribution in [0.15, 0.2) is 20.6 Å². The molecule has 3 atom stereocenters. The van der Waals surface area contributed by atoms with Gasteiger partial charge in [0.05, 0.1) is 9.16 Å². The molecule has 0 spiro atoms. The van der Waals surface area contributed by atoms with Crippen molar-refractivity contribution in [2.24, 2.45) is 0 Å². The molecular weight excluding hydrogens is 413 g/mol. The maximum absolute atomic E-state index is 4.34. The molecule has 0 aliphatic carbocycles.